The Kier molecular flexibility index (Phi) is 12.5. The molecule has 1 saturated heterocycles. The highest BCUT2D eigenvalue weighted by molar-refractivity contribution is 5.92. The molecule has 222 valence electrons. The van der Waals surface area contributed by atoms with Crippen molar-refractivity contribution in [2.45, 2.75) is 108 Å². The van der Waals surface area contributed by atoms with Gasteiger partial charge < -0.3 is 51.6 Å². The molecule has 1 aliphatic heterocycles. The molecule has 0 radical (unpaired) electrons. The Labute approximate surface area is 225 Å². The number of aliphatic carboxylic acids is 1. The predicted molar refractivity (Wildman–Crippen MR) is 132 cm³/mol. The summed E-state index contributed by atoms with van der Waals surface area (Å²) in [6.07, 6.45) is -3.55. The van der Waals surface area contributed by atoms with Crippen LogP contribution in [0.5, 0.6) is 0 Å². The van der Waals surface area contributed by atoms with Crippen LogP contribution in [0.15, 0.2) is 0 Å². The molecule has 4 amide bonds. The summed E-state index contributed by atoms with van der Waals surface area (Å²) in [5.74, 6) is -4.35. The van der Waals surface area contributed by atoms with E-state index in [1.807, 2.05) is 0 Å². The molecule has 9 N–H and O–H groups in total. The first-order valence-corrected chi connectivity index (χ1v) is 13.1. The first-order chi connectivity index (χ1) is 18.3. The van der Waals surface area contributed by atoms with Crippen molar-refractivity contribution in [2.24, 2.45) is 11.7 Å². The van der Waals surface area contributed by atoms with Crippen molar-refractivity contribution in [1.29, 1.82) is 0 Å². The molecule has 0 aromatic carbocycles. The molecular weight excluding hydrogens is 520 g/mol. The molecule has 39 heavy (non-hydrogen) atoms. The molecule has 1 aliphatic carbocycles. The van der Waals surface area contributed by atoms with Gasteiger partial charge in [-0.1, -0.05) is 19.3 Å². The standard InChI is InChI=1S/C24H40N4O11/c1-11(21(34)27-14(20(25)33)8-9-16(30)31)26-22(35)12(2)38-19-17(24(37)39-15(10-29)18(19)32)28-23(36)13-6-4-3-5-7-13/h11-15,17-19,24,29,32,37H,3-10H2,1-2H3,(H2,25,33)(H,26,35)(H,27,34)(H,28,36)(H,30,31)/t11?,12?,14?,15-,17-,18-,19-,24?/m1/s1. The SMILES string of the molecule is CC(NC(=O)C(C)O[C@H]1[C@H](O)[C@@H](CO)OC(O)[C@@H]1NC(=O)C1CCCCC1)C(=O)NC(CCC(=O)O)C(N)=O. The Bertz CT molecular complexity index is 882. The van der Waals surface area contributed by atoms with Crippen molar-refractivity contribution in [3.05, 3.63) is 0 Å². The molecule has 2 fully saturated rings. The van der Waals surface area contributed by atoms with Crippen molar-refractivity contribution in [3.63, 3.8) is 0 Å². The number of hydrogen-bond acceptors (Lipinski definition) is 10. The normalized spacial score (nSPS) is 28.0. The van der Waals surface area contributed by atoms with E-state index in [1.165, 1.54) is 13.8 Å². The molecule has 4 unspecified atom stereocenters. The quantitative estimate of drug-likeness (QED) is 0.115. The van der Waals surface area contributed by atoms with E-state index in [0.29, 0.717) is 12.8 Å². The Morgan fingerprint density at radius 2 is 1.67 bits per heavy atom. The number of nitrogens with two attached hydrogens (primary N) is 1. The van der Waals surface area contributed by atoms with Crippen LogP contribution in [0.25, 0.3) is 0 Å². The van der Waals surface area contributed by atoms with E-state index in [1.54, 1.807) is 0 Å². The molecule has 0 bridgehead atoms. The van der Waals surface area contributed by atoms with Crippen LogP contribution >= 0.6 is 0 Å². The number of rotatable bonds is 13. The fraction of sp³-hybridized carbons (Fsp3) is 0.792. The van der Waals surface area contributed by atoms with Crippen LogP contribution in [0.1, 0.15) is 58.8 Å². The van der Waals surface area contributed by atoms with E-state index in [2.05, 4.69) is 16.0 Å². The number of carbonyl (C=O) groups excluding carboxylic acids is 4. The molecule has 15 heteroatoms. The number of primary amides is 1. The first kappa shape index (κ1) is 32.4. The van der Waals surface area contributed by atoms with E-state index in [-0.39, 0.29) is 18.2 Å². The van der Waals surface area contributed by atoms with Crippen LogP contribution in [-0.4, -0.2) is 105 Å². The Hall–Kier alpha value is -2.85. The second kappa shape index (κ2) is 15.1. The van der Waals surface area contributed by atoms with Crippen molar-refractivity contribution in [1.82, 2.24) is 16.0 Å². The molecule has 2 aliphatic rings. The summed E-state index contributed by atoms with van der Waals surface area (Å²) in [6, 6.07) is -3.70. The van der Waals surface area contributed by atoms with Crippen LogP contribution in [0.2, 0.25) is 0 Å². The molecule has 2 rings (SSSR count). The van der Waals surface area contributed by atoms with E-state index in [9.17, 15) is 39.3 Å². The Balaban J connectivity index is 2.04. The van der Waals surface area contributed by atoms with E-state index in [0.717, 1.165) is 19.3 Å². The van der Waals surface area contributed by atoms with E-state index >= 15 is 0 Å². The fourth-order valence-corrected chi connectivity index (χ4v) is 4.59. The lowest BCUT2D eigenvalue weighted by Gasteiger charge is -2.43. The summed E-state index contributed by atoms with van der Waals surface area (Å²) in [6.45, 7) is 1.97. The van der Waals surface area contributed by atoms with Gasteiger partial charge in [0.2, 0.25) is 23.6 Å². The predicted octanol–water partition coefficient (Wildman–Crippen LogP) is -2.76. The highest BCUT2D eigenvalue weighted by Gasteiger charge is 2.47. The molecular formula is C24H40N4O11. The minimum Gasteiger partial charge on any atom is -0.481 e. The molecule has 0 aromatic heterocycles. The summed E-state index contributed by atoms with van der Waals surface area (Å²) in [7, 11) is 0. The lowest BCUT2D eigenvalue weighted by molar-refractivity contribution is -0.266. The fourth-order valence-electron chi connectivity index (χ4n) is 4.59. The van der Waals surface area contributed by atoms with Crippen molar-refractivity contribution in [2.75, 3.05) is 6.61 Å². The minimum atomic E-state index is -1.64. The maximum Gasteiger partial charge on any atom is 0.303 e. The van der Waals surface area contributed by atoms with Crippen LogP contribution in [0.4, 0.5) is 0 Å². The lowest BCUT2D eigenvalue weighted by Crippen LogP contribution is -2.66. The number of hydrogen-bond donors (Lipinski definition) is 8. The number of amides is 4. The Morgan fingerprint density at radius 1 is 1.03 bits per heavy atom. The zero-order valence-corrected chi connectivity index (χ0v) is 22.1. The minimum absolute atomic E-state index is 0.236. The van der Waals surface area contributed by atoms with Gasteiger partial charge in [0.15, 0.2) is 6.29 Å². The summed E-state index contributed by atoms with van der Waals surface area (Å²) in [4.78, 5) is 60.4. The van der Waals surface area contributed by atoms with Crippen molar-refractivity contribution >= 4 is 29.6 Å². The van der Waals surface area contributed by atoms with Gasteiger partial charge in [-0.15, -0.1) is 0 Å². The lowest BCUT2D eigenvalue weighted by atomic mass is 9.88. The maximum absolute atomic E-state index is 12.8. The van der Waals surface area contributed by atoms with Crippen LogP contribution in [0, 0.1) is 5.92 Å². The van der Waals surface area contributed by atoms with Gasteiger partial charge in [-0.2, -0.15) is 0 Å². The van der Waals surface area contributed by atoms with Gasteiger partial charge in [0, 0.05) is 12.3 Å². The van der Waals surface area contributed by atoms with E-state index in [4.69, 9.17) is 20.3 Å². The third-order valence-electron chi connectivity index (χ3n) is 6.95. The zero-order valence-electron chi connectivity index (χ0n) is 22.1. The third-order valence-corrected chi connectivity index (χ3v) is 6.95. The van der Waals surface area contributed by atoms with Gasteiger partial charge in [0.05, 0.1) is 6.61 Å². The van der Waals surface area contributed by atoms with Crippen molar-refractivity contribution in [3.8, 4) is 0 Å². The average Bonchev–Trinajstić information content (AvgIpc) is 2.89. The number of carboxylic acids is 1. The summed E-state index contributed by atoms with van der Waals surface area (Å²) >= 11 is 0. The van der Waals surface area contributed by atoms with Crippen LogP contribution < -0.4 is 21.7 Å². The Morgan fingerprint density at radius 3 is 2.23 bits per heavy atom. The largest absolute Gasteiger partial charge is 0.481 e. The molecule has 15 nitrogen and oxygen atoms in total. The number of carbonyl (C=O) groups is 5. The second-order valence-corrected chi connectivity index (χ2v) is 9.98. The van der Waals surface area contributed by atoms with Gasteiger partial charge in [-0.25, -0.2) is 0 Å². The van der Waals surface area contributed by atoms with Crippen LogP contribution in [-0.2, 0) is 33.4 Å². The summed E-state index contributed by atoms with van der Waals surface area (Å²) in [5, 5.41) is 46.9. The number of ether oxygens (including phenoxy) is 2. The van der Waals surface area contributed by atoms with Gasteiger partial charge in [-0.3, -0.25) is 24.0 Å². The maximum atomic E-state index is 12.8. The number of aliphatic hydroxyl groups excluding tert-OH is 3. The topological polar surface area (TPSA) is 247 Å². The molecule has 1 saturated carbocycles. The van der Waals surface area contributed by atoms with Gasteiger partial charge in [0.1, 0.15) is 42.5 Å². The third kappa shape index (κ3) is 9.39. The monoisotopic (exact) mass is 560 g/mol. The van der Waals surface area contributed by atoms with Gasteiger partial charge in [-0.05, 0) is 33.1 Å². The van der Waals surface area contributed by atoms with Gasteiger partial charge in [0.25, 0.3) is 0 Å². The van der Waals surface area contributed by atoms with Crippen LogP contribution in [0.3, 0.4) is 0 Å². The smallest absolute Gasteiger partial charge is 0.303 e. The molecule has 1 heterocycles. The number of aliphatic hydroxyl groups is 3. The number of carboxylic acid groups (broad SMARTS) is 1. The average molecular weight is 561 g/mol. The van der Waals surface area contributed by atoms with Gasteiger partial charge >= 0.3 is 5.97 Å². The number of nitrogens with one attached hydrogen (secondary N) is 3. The summed E-state index contributed by atoms with van der Waals surface area (Å²) < 4.78 is 11.0. The van der Waals surface area contributed by atoms with Crippen molar-refractivity contribution < 1.29 is 53.9 Å². The molecule has 0 aromatic rings. The second-order valence-electron chi connectivity index (χ2n) is 9.98. The zero-order chi connectivity index (χ0) is 29.3. The first-order valence-electron chi connectivity index (χ1n) is 13.1. The highest BCUT2D eigenvalue weighted by atomic mass is 16.6. The molecule has 8 atom stereocenters. The molecule has 0 spiro atoms. The summed E-state index contributed by atoms with van der Waals surface area (Å²) in [5.41, 5.74) is 5.21. The highest BCUT2D eigenvalue weighted by Crippen LogP contribution is 2.27. The van der Waals surface area contributed by atoms with E-state index < -0.39 is 85.5 Å².